The van der Waals surface area contributed by atoms with Gasteiger partial charge in [-0.2, -0.15) is 0 Å². The van der Waals surface area contributed by atoms with Crippen LogP contribution in [0.5, 0.6) is 5.75 Å². The SMILES string of the molecule is CCOC(=O)c1ccc(N2CC(COc3ccc(C(=O)OC)cc3)CC2=O)cc1. The van der Waals surface area contributed by atoms with E-state index in [1.807, 2.05) is 0 Å². The molecule has 2 aromatic carbocycles. The standard InChI is InChI=1S/C22H23NO6/c1-3-28-22(26)17-4-8-18(9-5-17)23-13-15(12-20(23)24)14-29-19-10-6-16(7-11-19)21(25)27-2/h4-11,15H,3,12-14H2,1-2H3. The number of benzene rings is 2. The Kier molecular flexibility index (Phi) is 6.49. The van der Waals surface area contributed by atoms with Crippen molar-refractivity contribution in [2.24, 2.45) is 5.92 Å². The van der Waals surface area contributed by atoms with E-state index in [1.165, 1.54) is 7.11 Å². The van der Waals surface area contributed by atoms with Gasteiger partial charge in [0, 0.05) is 24.6 Å². The number of hydrogen-bond acceptors (Lipinski definition) is 6. The van der Waals surface area contributed by atoms with Gasteiger partial charge in [-0.15, -0.1) is 0 Å². The fourth-order valence-electron chi connectivity index (χ4n) is 3.15. The number of rotatable bonds is 7. The Labute approximate surface area is 169 Å². The summed E-state index contributed by atoms with van der Waals surface area (Å²) in [5.74, 6) is -0.0859. The van der Waals surface area contributed by atoms with Crippen molar-refractivity contribution < 1.29 is 28.6 Å². The summed E-state index contributed by atoms with van der Waals surface area (Å²) in [6.07, 6.45) is 0.389. The summed E-state index contributed by atoms with van der Waals surface area (Å²) >= 11 is 0. The number of amides is 1. The number of ether oxygens (including phenoxy) is 3. The Hall–Kier alpha value is -3.35. The lowest BCUT2D eigenvalue weighted by molar-refractivity contribution is -0.117. The first-order chi connectivity index (χ1) is 14.0. The van der Waals surface area contributed by atoms with Gasteiger partial charge in [-0.25, -0.2) is 9.59 Å². The highest BCUT2D eigenvalue weighted by Gasteiger charge is 2.31. The number of carbonyl (C=O) groups excluding carboxylic acids is 3. The first-order valence-corrected chi connectivity index (χ1v) is 9.40. The van der Waals surface area contributed by atoms with Crippen molar-refractivity contribution in [2.75, 3.05) is 31.8 Å². The van der Waals surface area contributed by atoms with Crippen LogP contribution >= 0.6 is 0 Å². The second-order valence-electron chi connectivity index (χ2n) is 6.67. The van der Waals surface area contributed by atoms with Gasteiger partial charge in [-0.05, 0) is 55.5 Å². The minimum Gasteiger partial charge on any atom is -0.493 e. The van der Waals surface area contributed by atoms with Gasteiger partial charge in [0.2, 0.25) is 5.91 Å². The molecule has 7 heteroatoms. The number of hydrogen-bond donors (Lipinski definition) is 0. The van der Waals surface area contributed by atoms with Crippen molar-refractivity contribution in [1.82, 2.24) is 0 Å². The molecule has 1 saturated heterocycles. The minimum atomic E-state index is -0.400. The van der Waals surface area contributed by atoms with Gasteiger partial charge in [0.25, 0.3) is 0 Å². The molecule has 1 aliphatic heterocycles. The van der Waals surface area contributed by atoms with Gasteiger partial charge in [-0.1, -0.05) is 0 Å². The molecule has 0 bridgehead atoms. The molecule has 1 heterocycles. The van der Waals surface area contributed by atoms with Crippen molar-refractivity contribution in [2.45, 2.75) is 13.3 Å². The molecular formula is C22H23NO6. The second kappa shape index (κ2) is 9.23. The molecule has 1 fully saturated rings. The molecule has 1 atom stereocenters. The first kappa shape index (κ1) is 20.4. The van der Waals surface area contributed by atoms with E-state index in [0.717, 1.165) is 5.69 Å². The van der Waals surface area contributed by atoms with Crippen LogP contribution in [0, 0.1) is 5.92 Å². The maximum atomic E-state index is 12.4. The van der Waals surface area contributed by atoms with Crippen molar-refractivity contribution in [3.63, 3.8) is 0 Å². The molecule has 0 N–H and O–H groups in total. The monoisotopic (exact) mass is 397 g/mol. The molecule has 0 saturated carbocycles. The molecule has 0 aromatic heterocycles. The summed E-state index contributed by atoms with van der Waals surface area (Å²) in [5, 5.41) is 0. The summed E-state index contributed by atoms with van der Waals surface area (Å²) in [7, 11) is 1.33. The smallest absolute Gasteiger partial charge is 0.338 e. The second-order valence-corrected chi connectivity index (χ2v) is 6.67. The van der Waals surface area contributed by atoms with Gasteiger partial charge in [-0.3, -0.25) is 4.79 Å². The topological polar surface area (TPSA) is 82.1 Å². The molecule has 152 valence electrons. The molecule has 1 unspecified atom stereocenters. The molecule has 2 aromatic rings. The third-order valence-electron chi connectivity index (χ3n) is 4.66. The Morgan fingerprint density at radius 2 is 1.62 bits per heavy atom. The molecule has 0 radical (unpaired) electrons. The summed E-state index contributed by atoms with van der Waals surface area (Å²) < 4.78 is 15.4. The molecule has 7 nitrogen and oxygen atoms in total. The zero-order valence-electron chi connectivity index (χ0n) is 16.4. The predicted octanol–water partition coefficient (Wildman–Crippen LogP) is 3.08. The highest BCUT2D eigenvalue weighted by atomic mass is 16.5. The first-order valence-electron chi connectivity index (χ1n) is 9.40. The largest absolute Gasteiger partial charge is 0.493 e. The van der Waals surface area contributed by atoms with Crippen molar-refractivity contribution in [3.05, 3.63) is 59.7 Å². The van der Waals surface area contributed by atoms with Gasteiger partial charge in [0.05, 0.1) is 31.5 Å². The van der Waals surface area contributed by atoms with Gasteiger partial charge in [0.1, 0.15) is 5.75 Å². The van der Waals surface area contributed by atoms with Gasteiger partial charge in [0.15, 0.2) is 0 Å². The molecule has 0 aliphatic carbocycles. The quantitative estimate of drug-likeness (QED) is 0.668. The van der Waals surface area contributed by atoms with Crippen molar-refractivity contribution >= 4 is 23.5 Å². The fourth-order valence-corrected chi connectivity index (χ4v) is 3.15. The molecule has 1 amide bonds. The van der Waals surface area contributed by atoms with Crippen LogP contribution in [0.1, 0.15) is 34.1 Å². The summed E-state index contributed by atoms with van der Waals surface area (Å²) in [6.45, 7) is 3.00. The molecule has 29 heavy (non-hydrogen) atoms. The number of esters is 2. The van der Waals surface area contributed by atoms with E-state index < -0.39 is 5.97 Å². The normalized spacial score (nSPS) is 15.9. The third-order valence-corrected chi connectivity index (χ3v) is 4.66. The highest BCUT2D eigenvalue weighted by Crippen LogP contribution is 2.26. The van der Waals surface area contributed by atoms with Crippen LogP contribution in [0.15, 0.2) is 48.5 Å². The van der Waals surface area contributed by atoms with Crippen LogP contribution in [-0.2, 0) is 14.3 Å². The Balaban J connectivity index is 1.56. The van der Waals surface area contributed by atoms with E-state index >= 15 is 0 Å². The van der Waals surface area contributed by atoms with Gasteiger partial charge < -0.3 is 19.1 Å². The minimum absolute atomic E-state index is 0.0172. The van der Waals surface area contributed by atoms with Crippen molar-refractivity contribution in [1.29, 1.82) is 0 Å². The van der Waals surface area contributed by atoms with Crippen LogP contribution in [0.4, 0.5) is 5.69 Å². The average Bonchev–Trinajstić information content (AvgIpc) is 3.13. The van der Waals surface area contributed by atoms with E-state index in [-0.39, 0.29) is 17.8 Å². The number of methoxy groups -OCH3 is 1. The molecular weight excluding hydrogens is 374 g/mol. The maximum Gasteiger partial charge on any atom is 0.338 e. The Bertz CT molecular complexity index is 875. The van der Waals surface area contributed by atoms with E-state index in [2.05, 4.69) is 4.74 Å². The van der Waals surface area contributed by atoms with Crippen LogP contribution in [0.3, 0.4) is 0 Å². The third kappa shape index (κ3) is 4.93. The molecule has 0 spiro atoms. The van der Waals surface area contributed by atoms with Gasteiger partial charge >= 0.3 is 11.9 Å². The number of anilines is 1. The Morgan fingerprint density at radius 3 is 2.24 bits per heavy atom. The Morgan fingerprint density at radius 1 is 1.00 bits per heavy atom. The van der Waals surface area contributed by atoms with Crippen LogP contribution in [0.25, 0.3) is 0 Å². The summed E-state index contributed by atoms with van der Waals surface area (Å²) in [5.41, 5.74) is 1.65. The summed E-state index contributed by atoms with van der Waals surface area (Å²) in [4.78, 5) is 37.3. The van der Waals surface area contributed by atoms with E-state index in [4.69, 9.17) is 9.47 Å². The van der Waals surface area contributed by atoms with Crippen molar-refractivity contribution in [3.8, 4) is 5.75 Å². The van der Waals surface area contributed by atoms with E-state index in [9.17, 15) is 14.4 Å². The molecule has 1 aliphatic rings. The average molecular weight is 397 g/mol. The van der Waals surface area contributed by atoms with E-state index in [1.54, 1.807) is 60.4 Å². The van der Waals surface area contributed by atoms with Crippen LogP contribution in [-0.4, -0.2) is 44.7 Å². The predicted molar refractivity (Wildman–Crippen MR) is 106 cm³/mol. The number of nitrogens with zero attached hydrogens (tertiary/aromatic N) is 1. The van der Waals surface area contributed by atoms with Crippen LogP contribution in [0.2, 0.25) is 0 Å². The zero-order valence-corrected chi connectivity index (χ0v) is 16.4. The lowest BCUT2D eigenvalue weighted by Crippen LogP contribution is -2.25. The number of carbonyl (C=O) groups is 3. The van der Waals surface area contributed by atoms with E-state index in [0.29, 0.717) is 43.1 Å². The zero-order chi connectivity index (χ0) is 20.8. The van der Waals surface area contributed by atoms with Crippen LogP contribution < -0.4 is 9.64 Å². The lowest BCUT2D eigenvalue weighted by atomic mass is 10.1. The molecule has 3 rings (SSSR count). The lowest BCUT2D eigenvalue weighted by Gasteiger charge is -2.17. The summed E-state index contributed by atoms with van der Waals surface area (Å²) in [6, 6.07) is 13.5. The fraction of sp³-hybridized carbons (Fsp3) is 0.318. The highest BCUT2D eigenvalue weighted by molar-refractivity contribution is 5.96. The maximum absolute atomic E-state index is 12.4.